The summed E-state index contributed by atoms with van der Waals surface area (Å²) in [7, 11) is 0. The van der Waals surface area contributed by atoms with Gasteiger partial charge >= 0.3 is 0 Å². The Morgan fingerprint density at radius 1 is 1.56 bits per heavy atom. The smallest absolute Gasteiger partial charge is 0.229 e. The maximum Gasteiger partial charge on any atom is 0.229 e. The molecule has 0 radical (unpaired) electrons. The Morgan fingerprint density at radius 3 is 2.62 bits per heavy atom. The fourth-order valence-corrected chi connectivity index (χ4v) is 3.07. The van der Waals surface area contributed by atoms with Crippen molar-refractivity contribution in [3.05, 3.63) is 0 Å². The zero-order valence-corrected chi connectivity index (χ0v) is 11.7. The lowest BCUT2D eigenvalue weighted by molar-refractivity contribution is -0.141. The molecule has 4 heteroatoms. The van der Waals surface area contributed by atoms with Gasteiger partial charge in [-0.05, 0) is 27.2 Å². The van der Waals surface area contributed by atoms with Gasteiger partial charge < -0.3 is 10.6 Å². The zero-order chi connectivity index (χ0) is 12.4. The van der Waals surface area contributed by atoms with Crippen molar-refractivity contribution in [1.82, 2.24) is 4.90 Å². The largest absolute Gasteiger partial charge is 0.340 e. The van der Waals surface area contributed by atoms with Gasteiger partial charge in [-0.1, -0.05) is 6.92 Å². The molecule has 1 atom stereocenters. The van der Waals surface area contributed by atoms with Crippen LogP contribution in [0.3, 0.4) is 0 Å². The number of nitrogens with two attached hydrogens (primary N) is 1. The maximum atomic E-state index is 12.4. The number of carbonyl (C=O) groups is 1. The number of hydrogen-bond donors (Lipinski definition) is 1. The van der Waals surface area contributed by atoms with E-state index in [2.05, 4.69) is 13.8 Å². The second-order valence-corrected chi connectivity index (χ2v) is 7.26. The quantitative estimate of drug-likeness (QED) is 0.822. The summed E-state index contributed by atoms with van der Waals surface area (Å²) >= 11 is 1.94. The molecule has 1 saturated heterocycles. The first-order valence-corrected chi connectivity index (χ1v) is 6.96. The SMILES string of the molecule is CCC(C)(CN)C(=O)N1CCSC(C)(C)C1. The molecule has 1 aliphatic rings. The summed E-state index contributed by atoms with van der Waals surface area (Å²) < 4.78 is 0.178. The molecule has 1 unspecified atom stereocenters. The van der Waals surface area contributed by atoms with Crippen molar-refractivity contribution >= 4 is 17.7 Å². The van der Waals surface area contributed by atoms with Gasteiger partial charge in [0, 0.05) is 30.1 Å². The van der Waals surface area contributed by atoms with Gasteiger partial charge in [-0.2, -0.15) is 11.8 Å². The number of amides is 1. The van der Waals surface area contributed by atoms with Gasteiger partial charge in [-0.3, -0.25) is 4.79 Å². The van der Waals surface area contributed by atoms with E-state index in [9.17, 15) is 4.79 Å². The summed E-state index contributed by atoms with van der Waals surface area (Å²) in [6, 6.07) is 0. The summed E-state index contributed by atoms with van der Waals surface area (Å²) in [6.07, 6.45) is 0.812. The number of nitrogens with zero attached hydrogens (tertiary/aromatic N) is 1. The molecule has 2 N–H and O–H groups in total. The van der Waals surface area contributed by atoms with Crippen molar-refractivity contribution in [2.24, 2.45) is 11.1 Å². The van der Waals surface area contributed by atoms with E-state index in [1.54, 1.807) is 0 Å². The Kier molecular flexibility index (Phi) is 4.29. The summed E-state index contributed by atoms with van der Waals surface area (Å²) in [6.45, 7) is 10.5. The van der Waals surface area contributed by atoms with E-state index in [-0.39, 0.29) is 16.1 Å². The molecule has 1 amide bonds. The molecular weight excluding hydrogens is 220 g/mol. The minimum absolute atomic E-state index is 0.178. The molecule has 94 valence electrons. The van der Waals surface area contributed by atoms with Crippen LogP contribution in [-0.2, 0) is 4.79 Å². The summed E-state index contributed by atoms with van der Waals surface area (Å²) in [4.78, 5) is 14.4. The molecule has 1 aliphatic heterocycles. The normalized spacial score (nSPS) is 23.9. The van der Waals surface area contributed by atoms with Crippen LogP contribution in [0.1, 0.15) is 34.1 Å². The van der Waals surface area contributed by atoms with Crippen molar-refractivity contribution in [2.45, 2.75) is 38.9 Å². The Labute approximate surface area is 103 Å². The average Bonchev–Trinajstić information content (AvgIpc) is 2.25. The summed E-state index contributed by atoms with van der Waals surface area (Å²) in [5.74, 6) is 1.26. The van der Waals surface area contributed by atoms with Crippen LogP contribution < -0.4 is 5.73 Å². The van der Waals surface area contributed by atoms with Gasteiger partial charge in [0.1, 0.15) is 0 Å². The standard InChI is InChI=1S/C12H24N2OS/c1-5-12(4,8-13)10(15)14-6-7-16-11(2,3)9-14/h5-9,13H2,1-4H3. The van der Waals surface area contributed by atoms with E-state index in [1.165, 1.54) is 0 Å². The number of carbonyl (C=O) groups excluding carboxylic acids is 1. The lowest BCUT2D eigenvalue weighted by atomic mass is 9.85. The lowest BCUT2D eigenvalue weighted by Gasteiger charge is -2.41. The molecule has 0 aliphatic carbocycles. The number of hydrogen-bond acceptors (Lipinski definition) is 3. The topological polar surface area (TPSA) is 46.3 Å². The molecule has 0 spiro atoms. The minimum Gasteiger partial charge on any atom is -0.340 e. The first-order chi connectivity index (χ1) is 7.34. The second kappa shape index (κ2) is 4.96. The van der Waals surface area contributed by atoms with E-state index in [0.29, 0.717) is 6.54 Å². The average molecular weight is 244 g/mol. The Balaban J connectivity index is 2.74. The van der Waals surface area contributed by atoms with Crippen LogP contribution in [0, 0.1) is 5.41 Å². The van der Waals surface area contributed by atoms with Gasteiger partial charge in [-0.15, -0.1) is 0 Å². The molecule has 0 saturated carbocycles. The van der Waals surface area contributed by atoms with E-state index in [4.69, 9.17) is 5.73 Å². The van der Waals surface area contributed by atoms with Crippen molar-refractivity contribution < 1.29 is 4.79 Å². The van der Waals surface area contributed by atoms with Crippen LogP contribution in [0.4, 0.5) is 0 Å². The Morgan fingerprint density at radius 2 is 2.19 bits per heavy atom. The fourth-order valence-electron chi connectivity index (χ4n) is 1.95. The maximum absolute atomic E-state index is 12.4. The van der Waals surface area contributed by atoms with Crippen LogP contribution in [0.25, 0.3) is 0 Å². The molecule has 1 rings (SSSR count). The summed E-state index contributed by atoms with van der Waals surface area (Å²) in [5.41, 5.74) is 5.36. The third-order valence-corrected chi connectivity index (χ3v) is 4.76. The first-order valence-electron chi connectivity index (χ1n) is 5.98. The van der Waals surface area contributed by atoms with Crippen LogP contribution in [0.15, 0.2) is 0 Å². The van der Waals surface area contributed by atoms with Crippen LogP contribution >= 0.6 is 11.8 Å². The van der Waals surface area contributed by atoms with Gasteiger partial charge in [0.2, 0.25) is 5.91 Å². The second-order valence-electron chi connectivity index (χ2n) is 5.45. The van der Waals surface area contributed by atoms with Crippen LogP contribution in [-0.4, -0.2) is 40.9 Å². The summed E-state index contributed by atoms with van der Waals surface area (Å²) in [5, 5.41) is 0. The van der Waals surface area contributed by atoms with E-state index in [1.807, 2.05) is 30.5 Å². The molecule has 0 bridgehead atoms. The molecule has 3 nitrogen and oxygen atoms in total. The highest BCUT2D eigenvalue weighted by atomic mass is 32.2. The molecule has 0 aromatic rings. The number of thioether (sulfide) groups is 1. The highest BCUT2D eigenvalue weighted by Crippen LogP contribution is 2.32. The van der Waals surface area contributed by atoms with Crippen LogP contribution in [0.5, 0.6) is 0 Å². The zero-order valence-electron chi connectivity index (χ0n) is 10.9. The van der Waals surface area contributed by atoms with Gasteiger partial charge in [-0.25, -0.2) is 0 Å². The van der Waals surface area contributed by atoms with Crippen molar-refractivity contribution in [2.75, 3.05) is 25.4 Å². The highest BCUT2D eigenvalue weighted by Gasteiger charge is 2.37. The van der Waals surface area contributed by atoms with Gasteiger partial charge in [0.15, 0.2) is 0 Å². The van der Waals surface area contributed by atoms with Crippen molar-refractivity contribution in [3.63, 3.8) is 0 Å². The fraction of sp³-hybridized carbons (Fsp3) is 0.917. The molecule has 0 aromatic carbocycles. The van der Waals surface area contributed by atoms with E-state index in [0.717, 1.165) is 25.3 Å². The minimum atomic E-state index is -0.377. The van der Waals surface area contributed by atoms with Crippen molar-refractivity contribution in [1.29, 1.82) is 0 Å². The lowest BCUT2D eigenvalue weighted by Crippen LogP contribution is -2.52. The first kappa shape index (κ1) is 13.8. The van der Waals surface area contributed by atoms with Crippen LogP contribution in [0.2, 0.25) is 0 Å². The van der Waals surface area contributed by atoms with Crippen molar-refractivity contribution in [3.8, 4) is 0 Å². The third-order valence-electron chi connectivity index (χ3n) is 3.46. The number of rotatable bonds is 3. The third kappa shape index (κ3) is 2.92. The van der Waals surface area contributed by atoms with Gasteiger partial charge in [0.25, 0.3) is 0 Å². The molecule has 1 fully saturated rings. The molecular formula is C12H24N2OS. The van der Waals surface area contributed by atoms with E-state index >= 15 is 0 Å². The molecule has 1 heterocycles. The molecule has 0 aromatic heterocycles. The Hall–Kier alpha value is -0.220. The van der Waals surface area contributed by atoms with Gasteiger partial charge in [0.05, 0.1) is 5.41 Å². The predicted octanol–water partition coefficient (Wildman–Crippen LogP) is 1.72. The Bertz CT molecular complexity index is 262. The highest BCUT2D eigenvalue weighted by molar-refractivity contribution is 8.00. The predicted molar refractivity (Wildman–Crippen MR) is 70.6 cm³/mol. The molecule has 16 heavy (non-hydrogen) atoms. The monoisotopic (exact) mass is 244 g/mol. The van der Waals surface area contributed by atoms with E-state index < -0.39 is 0 Å².